The molecule has 38 heavy (non-hydrogen) atoms. The zero-order valence-corrected chi connectivity index (χ0v) is 21.5. The van der Waals surface area contributed by atoms with Crippen molar-refractivity contribution < 1.29 is 14.0 Å². The SMILES string of the molecule is O=C(Cc1ccccc1F)N[C@@H]1CCc2ccc(C(=O)N3CCC4(CCN(c5ccncc5)CC4)C3)cc21. The number of benzene rings is 2. The summed E-state index contributed by atoms with van der Waals surface area (Å²) in [6, 6.07) is 16.3. The molecule has 0 radical (unpaired) electrons. The van der Waals surface area contributed by atoms with Gasteiger partial charge in [-0.05, 0) is 84.5 Å². The fourth-order valence-electron chi connectivity index (χ4n) is 6.44. The van der Waals surface area contributed by atoms with Crippen LogP contribution in [0.1, 0.15) is 58.8 Å². The molecule has 3 aliphatic rings. The summed E-state index contributed by atoms with van der Waals surface area (Å²) in [5, 5.41) is 3.07. The molecule has 0 unspecified atom stereocenters. The predicted octanol–water partition coefficient (Wildman–Crippen LogP) is 4.70. The Labute approximate surface area is 222 Å². The van der Waals surface area contributed by atoms with Gasteiger partial charge in [-0.25, -0.2) is 4.39 Å². The van der Waals surface area contributed by atoms with Crippen molar-refractivity contribution in [1.82, 2.24) is 15.2 Å². The number of carbonyl (C=O) groups is 2. The number of hydrogen-bond acceptors (Lipinski definition) is 4. The highest BCUT2D eigenvalue weighted by Gasteiger charge is 2.42. The third-order valence-corrected chi connectivity index (χ3v) is 8.69. The average Bonchev–Trinajstić information content (AvgIpc) is 3.54. The normalized spacial score (nSPS) is 20.0. The Hall–Kier alpha value is -3.74. The number of piperidine rings is 1. The van der Waals surface area contributed by atoms with Gasteiger partial charge in [0.25, 0.3) is 5.91 Å². The van der Waals surface area contributed by atoms with Crippen molar-refractivity contribution in [3.63, 3.8) is 0 Å². The topological polar surface area (TPSA) is 65.5 Å². The van der Waals surface area contributed by atoms with Crippen molar-refractivity contribution in [2.75, 3.05) is 31.1 Å². The second-order valence-corrected chi connectivity index (χ2v) is 11.0. The van der Waals surface area contributed by atoms with Crippen LogP contribution in [-0.4, -0.2) is 47.9 Å². The zero-order valence-electron chi connectivity index (χ0n) is 21.5. The minimum Gasteiger partial charge on any atom is -0.371 e. The van der Waals surface area contributed by atoms with Gasteiger partial charge in [-0.3, -0.25) is 14.6 Å². The van der Waals surface area contributed by atoms with E-state index in [2.05, 4.69) is 27.3 Å². The van der Waals surface area contributed by atoms with E-state index in [0.29, 0.717) is 11.1 Å². The first-order valence-corrected chi connectivity index (χ1v) is 13.6. The number of amides is 2. The molecule has 196 valence electrons. The van der Waals surface area contributed by atoms with Crippen LogP contribution in [0.2, 0.25) is 0 Å². The highest BCUT2D eigenvalue weighted by molar-refractivity contribution is 5.95. The summed E-state index contributed by atoms with van der Waals surface area (Å²) in [5.74, 6) is -0.498. The molecule has 1 atom stereocenters. The minimum absolute atomic E-state index is 0.00553. The van der Waals surface area contributed by atoms with E-state index in [4.69, 9.17) is 0 Å². The number of aryl methyl sites for hydroxylation is 1. The molecule has 2 aliphatic heterocycles. The van der Waals surface area contributed by atoms with E-state index < -0.39 is 0 Å². The summed E-state index contributed by atoms with van der Waals surface area (Å²) >= 11 is 0. The second-order valence-electron chi connectivity index (χ2n) is 11.0. The lowest BCUT2D eigenvalue weighted by Gasteiger charge is -2.40. The van der Waals surface area contributed by atoms with E-state index in [-0.39, 0.29) is 35.5 Å². The number of hydrogen-bond donors (Lipinski definition) is 1. The van der Waals surface area contributed by atoms with Gasteiger partial charge in [-0.15, -0.1) is 0 Å². The van der Waals surface area contributed by atoms with Crippen LogP contribution in [-0.2, 0) is 17.6 Å². The zero-order chi connectivity index (χ0) is 26.1. The number of pyridine rings is 1. The van der Waals surface area contributed by atoms with Crippen molar-refractivity contribution in [3.05, 3.63) is 95.1 Å². The molecule has 1 aliphatic carbocycles. The van der Waals surface area contributed by atoms with Gasteiger partial charge in [0.1, 0.15) is 5.82 Å². The van der Waals surface area contributed by atoms with Gasteiger partial charge >= 0.3 is 0 Å². The number of rotatable bonds is 5. The maximum atomic E-state index is 14.0. The van der Waals surface area contributed by atoms with Crippen LogP contribution in [0, 0.1) is 11.2 Å². The van der Waals surface area contributed by atoms with Crippen LogP contribution in [0.3, 0.4) is 0 Å². The summed E-state index contributed by atoms with van der Waals surface area (Å²) in [6.07, 6.45) is 8.54. The molecule has 1 N–H and O–H groups in total. The first kappa shape index (κ1) is 24.6. The molecular weight excluding hydrogens is 479 g/mol. The van der Waals surface area contributed by atoms with E-state index >= 15 is 0 Å². The number of carbonyl (C=O) groups excluding carboxylic acids is 2. The molecule has 2 fully saturated rings. The van der Waals surface area contributed by atoms with Gasteiger partial charge in [0.15, 0.2) is 0 Å². The van der Waals surface area contributed by atoms with Crippen molar-refractivity contribution >= 4 is 17.5 Å². The Balaban J connectivity index is 1.09. The van der Waals surface area contributed by atoms with Crippen molar-refractivity contribution in [1.29, 1.82) is 0 Å². The molecule has 3 heterocycles. The molecule has 0 bridgehead atoms. The molecule has 3 aromatic rings. The Morgan fingerprint density at radius 1 is 1.00 bits per heavy atom. The third kappa shape index (κ3) is 4.89. The molecule has 0 saturated carbocycles. The first-order valence-electron chi connectivity index (χ1n) is 13.6. The van der Waals surface area contributed by atoms with Crippen LogP contribution < -0.4 is 10.2 Å². The fraction of sp³-hybridized carbons (Fsp3) is 0.387. The number of anilines is 1. The van der Waals surface area contributed by atoms with Gasteiger partial charge in [0.2, 0.25) is 5.91 Å². The van der Waals surface area contributed by atoms with Crippen molar-refractivity contribution in [2.24, 2.45) is 5.41 Å². The number of aromatic nitrogens is 1. The van der Waals surface area contributed by atoms with Crippen molar-refractivity contribution in [2.45, 2.75) is 44.6 Å². The summed E-state index contributed by atoms with van der Waals surface area (Å²) in [5.41, 5.74) is 4.66. The van der Waals surface area contributed by atoms with E-state index in [1.165, 1.54) is 17.3 Å². The molecule has 2 amide bonds. The molecule has 1 spiro atoms. The van der Waals surface area contributed by atoms with Gasteiger partial charge in [0.05, 0.1) is 12.5 Å². The molecule has 2 aromatic carbocycles. The van der Waals surface area contributed by atoms with E-state index in [0.717, 1.165) is 63.8 Å². The fourth-order valence-corrected chi connectivity index (χ4v) is 6.44. The Bertz CT molecular complexity index is 1340. The minimum atomic E-state index is -0.367. The smallest absolute Gasteiger partial charge is 0.253 e. The van der Waals surface area contributed by atoms with Gasteiger partial charge in [0, 0.05) is 49.8 Å². The predicted molar refractivity (Wildman–Crippen MR) is 144 cm³/mol. The molecule has 7 heteroatoms. The van der Waals surface area contributed by atoms with Crippen LogP contribution in [0.5, 0.6) is 0 Å². The van der Waals surface area contributed by atoms with Gasteiger partial charge in [-0.2, -0.15) is 0 Å². The maximum absolute atomic E-state index is 14.0. The molecular formula is C31H33FN4O2. The lowest BCUT2D eigenvalue weighted by Crippen LogP contribution is -2.42. The third-order valence-electron chi connectivity index (χ3n) is 8.69. The lowest BCUT2D eigenvalue weighted by atomic mass is 9.77. The number of nitrogens with one attached hydrogen (secondary N) is 1. The van der Waals surface area contributed by atoms with Crippen LogP contribution in [0.25, 0.3) is 0 Å². The Kier molecular flexibility index (Phi) is 6.60. The van der Waals surface area contributed by atoms with Crippen LogP contribution >= 0.6 is 0 Å². The Morgan fingerprint density at radius 3 is 2.55 bits per heavy atom. The standard InChI is InChI=1S/C31H33FN4O2/c32-27-4-2-1-3-23(27)20-29(37)34-28-8-7-22-5-6-24(19-26(22)28)30(38)36-18-13-31(21-36)11-16-35(17-12-31)25-9-14-33-15-10-25/h1-6,9-10,14-15,19,28H,7-8,11-13,16-18,20-21H2,(H,34,37)/t28-/m1/s1. The van der Waals surface area contributed by atoms with Gasteiger partial charge < -0.3 is 15.1 Å². The van der Waals surface area contributed by atoms with Crippen LogP contribution in [0.15, 0.2) is 67.0 Å². The summed E-state index contributed by atoms with van der Waals surface area (Å²) in [4.78, 5) is 34.8. The number of nitrogens with zero attached hydrogens (tertiary/aromatic N) is 3. The average molecular weight is 513 g/mol. The molecule has 2 saturated heterocycles. The monoisotopic (exact) mass is 512 g/mol. The highest BCUT2D eigenvalue weighted by atomic mass is 19.1. The summed E-state index contributed by atoms with van der Waals surface area (Å²) in [7, 11) is 0. The van der Waals surface area contributed by atoms with Gasteiger partial charge in [-0.1, -0.05) is 24.3 Å². The number of likely N-dealkylation sites (tertiary alicyclic amines) is 1. The maximum Gasteiger partial charge on any atom is 0.253 e. The summed E-state index contributed by atoms with van der Waals surface area (Å²) < 4.78 is 14.0. The van der Waals surface area contributed by atoms with Crippen LogP contribution in [0.4, 0.5) is 10.1 Å². The number of halogens is 1. The van der Waals surface area contributed by atoms with Crippen molar-refractivity contribution in [3.8, 4) is 0 Å². The lowest BCUT2D eigenvalue weighted by molar-refractivity contribution is -0.121. The highest BCUT2D eigenvalue weighted by Crippen LogP contribution is 2.42. The molecule has 6 nitrogen and oxygen atoms in total. The first-order chi connectivity index (χ1) is 18.5. The summed E-state index contributed by atoms with van der Waals surface area (Å²) in [6.45, 7) is 3.59. The largest absolute Gasteiger partial charge is 0.371 e. The quantitative estimate of drug-likeness (QED) is 0.538. The molecule has 1 aromatic heterocycles. The number of fused-ring (bicyclic) bond motifs is 1. The van der Waals surface area contributed by atoms with E-state index in [1.54, 1.807) is 18.2 Å². The second kappa shape index (κ2) is 10.2. The van der Waals surface area contributed by atoms with E-state index in [1.807, 2.05) is 35.5 Å². The molecule has 6 rings (SSSR count). The van der Waals surface area contributed by atoms with E-state index in [9.17, 15) is 14.0 Å². The Morgan fingerprint density at radius 2 is 1.76 bits per heavy atom.